The highest BCUT2D eigenvalue weighted by molar-refractivity contribution is 5.86. The molecule has 3 unspecified atom stereocenters. The van der Waals surface area contributed by atoms with Gasteiger partial charge in [-0.2, -0.15) is 0 Å². The van der Waals surface area contributed by atoms with E-state index in [1.165, 1.54) is 11.8 Å². The second-order valence-electron chi connectivity index (χ2n) is 5.63. The van der Waals surface area contributed by atoms with Crippen LogP contribution in [0.1, 0.15) is 52.9 Å². The molecule has 1 aliphatic rings. The van der Waals surface area contributed by atoms with Gasteiger partial charge in [0.25, 0.3) is 0 Å². The molecule has 0 aromatic rings. The monoisotopic (exact) mass is 285 g/mol. The van der Waals surface area contributed by atoms with E-state index in [2.05, 4.69) is 13.8 Å². The van der Waals surface area contributed by atoms with Crippen molar-refractivity contribution in [3.05, 3.63) is 0 Å². The number of hydrogen-bond donors (Lipinski definition) is 1. The Kier molecular flexibility index (Phi) is 6.99. The number of nitrogens with zero attached hydrogens (tertiary/aromatic N) is 1. The number of unbranched alkanes of at least 4 members (excludes halogenated alkanes) is 1. The quantitative estimate of drug-likeness (QED) is 0.692. The SMILES string of the molecule is CCCCC(CC)COC(=O)C1CC(=O)N(C(C)O)C1. The highest BCUT2D eigenvalue weighted by Crippen LogP contribution is 2.21. The Labute approximate surface area is 121 Å². The van der Waals surface area contributed by atoms with E-state index in [1.54, 1.807) is 0 Å². The minimum atomic E-state index is -0.840. The van der Waals surface area contributed by atoms with Crippen LogP contribution in [0, 0.1) is 11.8 Å². The Morgan fingerprint density at radius 3 is 2.70 bits per heavy atom. The number of carbonyl (C=O) groups excluding carboxylic acids is 2. The first kappa shape index (κ1) is 17.0. The molecule has 5 nitrogen and oxygen atoms in total. The minimum Gasteiger partial charge on any atom is -0.465 e. The average molecular weight is 285 g/mol. The highest BCUT2D eigenvalue weighted by Gasteiger charge is 2.37. The van der Waals surface area contributed by atoms with Gasteiger partial charge < -0.3 is 14.7 Å². The summed E-state index contributed by atoms with van der Waals surface area (Å²) in [5.74, 6) is -0.513. The standard InChI is InChI=1S/C15H27NO4/c1-4-6-7-12(5-2)10-20-15(19)13-8-14(18)16(9-13)11(3)17/h11-13,17H,4-10H2,1-3H3. The maximum Gasteiger partial charge on any atom is 0.311 e. The summed E-state index contributed by atoms with van der Waals surface area (Å²) in [4.78, 5) is 24.9. The van der Waals surface area contributed by atoms with Crippen LogP contribution in [0.25, 0.3) is 0 Å². The predicted octanol–water partition coefficient (Wildman–Crippen LogP) is 1.93. The fraction of sp³-hybridized carbons (Fsp3) is 0.867. The van der Waals surface area contributed by atoms with E-state index in [0.717, 1.165) is 25.7 Å². The molecular formula is C15H27NO4. The lowest BCUT2D eigenvalue weighted by Crippen LogP contribution is -2.34. The van der Waals surface area contributed by atoms with Gasteiger partial charge in [-0.25, -0.2) is 0 Å². The fourth-order valence-corrected chi connectivity index (χ4v) is 2.47. The van der Waals surface area contributed by atoms with Crippen molar-refractivity contribution in [3.8, 4) is 0 Å². The van der Waals surface area contributed by atoms with Crippen molar-refractivity contribution in [1.82, 2.24) is 4.90 Å². The molecule has 3 atom stereocenters. The fourth-order valence-electron chi connectivity index (χ4n) is 2.47. The second-order valence-corrected chi connectivity index (χ2v) is 5.63. The summed E-state index contributed by atoms with van der Waals surface area (Å²) in [6.45, 7) is 6.48. The zero-order valence-corrected chi connectivity index (χ0v) is 12.8. The van der Waals surface area contributed by atoms with E-state index in [1.807, 2.05) is 0 Å². The Hall–Kier alpha value is -1.10. The molecule has 0 bridgehead atoms. The van der Waals surface area contributed by atoms with Crippen molar-refractivity contribution in [2.24, 2.45) is 11.8 Å². The van der Waals surface area contributed by atoms with Gasteiger partial charge in [0.1, 0.15) is 6.23 Å². The van der Waals surface area contributed by atoms with E-state index in [-0.39, 0.29) is 24.8 Å². The summed E-state index contributed by atoms with van der Waals surface area (Å²) in [6, 6.07) is 0. The van der Waals surface area contributed by atoms with Crippen molar-refractivity contribution < 1.29 is 19.4 Å². The molecule has 0 aromatic heterocycles. The van der Waals surface area contributed by atoms with Crippen LogP contribution in [0.2, 0.25) is 0 Å². The zero-order valence-electron chi connectivity index (χ0n) is 12.8. The van der Waals surface area contributed by atoms with Crippen molar-refractivity contribution >= 4 is 11.9 Å². The number of esters is 1. The third kappa shape index (κ3) is 4.78. The van der Waals surface area contributed by atoms with Crippen molar-refractivity contribution in [3.63, 3.8) is 0 Å². The van der Waals surface area contributed by atoms with Crippen LogP contribution >= 0.6 is 0 Å². The molecule has 1 fully saturated rings. The molecule has 1 saturated heterocycles. The zero-order chi connectivity index (χ0) is 15.1. The lowest BCUT2D eigenvalue weighted by Gasteiger charge is -2.20. The third-order valence-electron chi connectivity index (χ3n) is 3.95. The lowest BCUT2D eigenvalue weighted by atomic mass is 10.0. The summed E-state index contributed by atoms with van der Waals surface area (Å²) >= 11 is 0. The topological polar surface area (TPSA) is 66.8 Å². The average Bonchev–Trinajstić information content (AvgIpc) is 2.81. The minimum absolute atomic E-state index is 0.148. The Bertz CT molecular complexity index is 330. The van der Waals surface area contributed by atoms with Crippen LogP contribution in [0.15, 0.2) is 0 Å². The number of aliphatic hydroxyl groups excluding tert-OH is 1. The molecule has 0 aliphatic carbocycles. The van der Waals surface area contributed by atoms with Crippen LogP contribution < -0.4 is 0 Å². The number of amides is 1. The van der Waals surface area contributed by atoms with Gasteiger partial charge in [-0.1, -0.05) is 33.1 Å². The van der Waals surface area contributed by atoms with Gasteiger partial charge in [0.2, 0.25) is 5.91 Å². The van der Waals surface area contributed by atoms with Gasteiger partial charge >= 0.3 is 5.97 Å². The first-order valence-electron chi connectivity index (χ1n) is 7.63. The third-order valence-corrected chi connectivity index (χ3v) is 3.95. The maximum atomic E-state index is 12.0. The Morgan fingerprint density at radius 1 is 1.50 bits per heavy atom. The van der Waals surface area contributed by atoms with Crippen LogP contribution in [0.3, 0.4) is 0 Å². The number of hydrogen-bond acceptors (Lipinski definition) is 4. The van der Waals surface area contributed by atoms with Crippen LogP contribution in [0.4, 0.5) is 0 Å². The van der Waals surface area contributed by atoms with E-state index >= 15 is 0 Å². The molecule has 1 amide bonds. The molecule has 20 heavy (non-hydrogen) atoms. The number of rotatable bonds is 8. The van der Waals surface area contributed by atoms with Crippen LogP contribution in [-0.2, 0) is 14.3 Å². The van der Waals surface area contributed by atoms with Crippen LogP contribution in [-0.4, -0.2) is 41.3 Å². The highest BCUT2D eigenvalue weighted by atomic mass is 16.5. The molecule has 116 valence electrons. The van der Waals surface area contributed by atoms with Crippen molar-refractivity contribution in [1.29, 1.82) is 0 Å². The molecule has 1 aliphatic heterocycles. The molecule has 0 spiro atoms. The predicted molar refractivity (Wildman–Crippen MR) is 75.8 cm³/mol. The van der Waals surface area contributed by atoms with E-state index in [0.29, 0.717) is 12.5 Å². The molecular weight excluding hydrogens is 258 g/mol. The van der Waals surface area contributed by atoms with Gasteiger partial charge in [0.05, 0.1) is 12.5 Å². The van der Waals surface area contributed by atoms with Gasteiger partial charge in [0, 0.05) is 13.0 Å². The molecule has 5 heteroatoms. The molecule has 0 saturated carbocycles. The number of likely N-dealkylation sites (tertiary alicyclic amines) is 1. The van der Waals surface area contributed by atoms with Crippen LogP contribution in [0.5, 0.6) is 0 Å². The van der Waals surface area contributed by atoms with Crippen molar-refractivity contribution in [2.45, 2.75) is 59.1 Å². The van der Waals surface area contributed by atoms with E-state index < -0.39 is 12.1 Å². The molecule has 0 aromatic carbocycles. The van der Waals surface area contributed by atoms with Gasteiger partial charge in [-0.05, 0) is 19.3 Å². The molecule has 1 N–H and O–H groups in total. The number of carbonyl (C=O) groups is 2. The summed E-state index contributed by atoms with van der Waals surface area (Å²) in [5, 5.41) is 9.43. The van der Waals surface area contributed by atoms with E-state index in [9.17, 15) is 14.7 Å². The lowest BCUT2D eigenvalue weighted by molar-refractivity contribution is -0.150. The normalized spacial score (nSPS) is 21.9. The van der Waals surface area contributed by atoms with E-state index in [4.69, 9.17) is 4.74 Å². The van der Waals surface area contributed by atoms with Gasteiger partial charge in [-0.15, -0.1) is 0 Å². The summed E-state index contributed by atoms with van der Waals surface area (Å²) in [7, 11) is 0. The van der Waals surface area contributed by atoms with Gasteiger partial charge in [-0.3, -0.25) is 9.59 Å². The summed E-state index contributed by atoms with van der Waals surface area (Å²) < 4.78 is 5.35. The first-order valence-corrected chi connectivity index (χ1v) is 7.63. The molecule has 1 rings (SSSR count). The summed E-state index contributed by atoms with van der Waals surface area (Å²) in [6.07, 6.45) is 3.67. The Morgan fingerprint density at radius 2 is 2.20 bits per heavy atom. The van der Waals surface area contributed by atoms with Gasteiger partial charge in [0.15, 0.2) is 0 Å². The van der Waals surface area contributed by atoms with Crippen molar-refractivity contribution in [2.75, 3.05) is 13.2 Å². The first-order chi connectivity index (χ1) is 9.49. The second kappa shape index (κ2) is 8.25. The molecule has 1 heterocycles. The summed E-state index contributed by atoms with van der Waals surface area (Å²) in [5.41, 5.74) is 0. The number of ether oxygens (including phenoxy) is 1. The Balaban J connectivity index is 2.38. The molecule has 0 radical (unpaired) electrons. The maximum absolute atomic E-state index is 12.0. The largest absolute Gasteiger partial charge is 0.465 e. The smallest absolute Gasteiger partial charge is 0.311 e. The number of aliphatic hydroxyl groups is 1.